The zero-order valence-corrected chi connectivity index (χ0v) is 12.3. The Morgan fingerprint density at radius 3 is 2.68 bits per heavy atom. The van der Waals surface area contributed by atoms with E-state index in [-0.39, 0.29) is 0 Å². The molecule has 2 rings (SSSR count). The minimum atomic E-state index is 1.12. The first-order valence-electron chi connectivity index (χ1n) is 7.64. The number of fused-ring (bicyclic) bond motifs is 1. The molecule has 2 aromatic rings. The number of aromatic nitrogens is 1. The minimum absolute atomic E-state index is 1.12. The van der Waals surface area contributed by atoms with Gasteiger partial charge in [-0.25, -0.2) is 0 Å². The summed E-state index contributed by atoms with van der Waals surface area (Å²) in [7, 11) is 0. The standard InChI is InChI=1S/C17H26N2/c1-3-11-18-12-7-8-15-14-19(13-4-2)17-10-6-5-9-16(15)17/h5-6,9-10,14,18H,3-4,7-8,11-13H2,1-2H3. The van der Waals surface area contributed by atoms with Crippen LogP contribution in [0.2, 0.25) is 0 Å². The maximum atomic E-state index is 3.48. The van der Waals surface area contributed by atoms with Gasteiger partial charge in [0.1, 0.15) is 0 Å². The lowest BCUT2D eigenvalue weighted by Crippen LogP contribution is -2.16. The summed E-state index contributed by atoms with van der Waals surface area (Å²) in [5.41, 5.74) is 2.89. The van der Waals surface area contributed by atoms with E-state index < -0.39 is 0 Å². The van der Waals surface area contributed by atoms with E-state index in [4.69, 9.17) is 0 Å². The monoisotopic (exact) mass is 258 g/mol. The summed E-state index contributed by atoms with van der Waals surface area (Å²) in [5.74, 6) is 0. The van der Waals surface area contributed by atoms with Crippen molar-refractivity contribution in [2.24, 2.45) is 0 Å². The van der Waals surface area contributed by atoms with Gasteiger partial charge in [-0.15, -0.1) is 0 Å². The van der Waals surface area contributed by atoms with E-state index in [1.807, 2.05) is 0 Å². The van der Waals surface area contributed by atoms with E-state index in [1.54, 1.807) is 0 Å². The Kier molecular flexibility index (Phi) is 5.46. The van der Waals surface area contributed by atoms with Gasteiger partial charge >= 0.3 is 0 Å². The fourth-order valence-electron chi connectivity index (χ4n) is 2.65. The molecule has 0 aliphatic rings. The maximum absolute atomic E-state index is 3.48. The fourth-order valence-corrected chi connectivity index (χ4v) is 2.65. The summed E-state index contributed by atoms with van der Waals surface area (Å²) in [6, 6.07) is 8.79. The van der Waals surface area contributed by atoms with Gasteiger partial charge in [-0.2, -0.15) is 0 Å². The number of nitrogens with one attached hydrogen (secondary N) is 1. The minimum Gasteiger partial charge on any atom is -0.347 e. The molecule has 2 nitrogen and oxygen atoms in total. The Morgan fingerprint density at radius 2 is 1.89 bits per heavy atom. The maximum Gasteiger partial charge on any atom is 0.0483 e. The summed E-state index contributed by atoms with van der Waals surface area (Å²) in [5, 5.41) is 4.92. The van der Waals surface area contributed by atoms with Crippen LogP contribution in [0.25, 0.3) is 10.9 Å². The second-order valence-corrected chi connectivity index (χ2v) is 5.22. The van der Waals surface area contributed by atoms with Crippen LogP contribution < -0.4 is 5.32 Å². The largest absolute Gasteiger partial charge is 0.347 e. The number of para-hydroxylation sites is 1. The molecule has 0 fully saturated rings. The fraction of sp³-hybridized carbons (Fsp3) is 0.529. The molecular weight excluding hydrogens is 232 g/mol. The van der Waals surface area contributed by atoms with Gasteiger partial charge in [0.15, 0.2) is 0 Å². The van der Waals surface area contributed by atoms with E-state index in [0.29, 0.717) is 0 Å². The molecule has 0 aliphatic heterocycles. The average Bonchev–Trinajstić information content (AvgIpc) is 2.78. The van der Waals surface area contributed by atoms with Crippen molar-refractivity contribution in [3.63, 3.8) is 0 Å². The highest BCUT2D eigenvalue weighted by atomic mass is 15.0. The second kappa shape index (κ2) is 7.34. The van der Waals surface area contributed by atoms with Crippen LogP contribution in [0.5, 0.6) is 0 Å². The van der Waals surface area contributed by atoms with Crippen molar-refractivity contribution in [1.29, 1.82) is 0 Å². The molecule has 104 valence electrons. The van der Waals surface area contributed by atoms with Crippen LogP contribution in [-0.2, 0) is 13.0 Å². The normalized spacial score (nSPS) is 11.3. The molecule has 0 bridgehead atoms. The zero-order valence-electron chi connectivity index (χ0n) is 12.3. The molecule has 1 aromatic heterocycles. The van der Waals surface area contributed by atoms with Gasteiger partial charge in [0.2, 0.25) is 0 Å². The third kappa shape index (κ3) is 3.60. The van der Waals surface area contributed by atoms with Crippen molar-refractivity contribution in [3.05, 3.63) is 36.0 Å². The number of hydrogen-bond acceptors (Lipinski definition) is 1. The zero-order chi connectivity index (χ0) is 13.5. The first kappa shape index (κ1) is 14.1. The molecule has 0 unspecified atom stereocenters. The van der Waals surface area contributed by atoms with Crippen LogP contribution in [0.1, 0.15) is 38.7 Å². The highest BCUT2D eigenvalue weighted by molar-refractivity contribution is 5.83. The highest BCUT2D eigenvalue weighted by Gasteiger charge is 2.06. The molecule has 0 saturated carbocycles. The lowest BCUT2D eigenvalue weighted by Gasteiger charge is -2.02. The Bertz CT molecular complexity index is 499. The molecular formula is C17H26N2. The molecule has 0 spiro atoms. The molecule has 0 radical (unpaired) electrons. The summed E-state index contributed by atoms with van der Waals surface area (Å²) >= 11 is 0. The molecule has 0 aliphatic carbocycles. The number of rotatable bonds is 8. The third-order valence-corrected chi connectivity index (χ3v) is 3.56. The first-order valence-corrected chi connectivity index (χ1v) is 7.64. The van der Waals surface area contributed by atoms with Crippen LogP contribution in [0.3, 0.4) is 0 Å². The van der Waals surface area contributed by atoms with Crippen molar-refractivity contribution in [2.75, 3.05) is 13.1 Å². The summed E-state index contributed by atoms with van der Waals surface area (Å²) < 4.78 is 2.41. The van der Waals surface area contributed by atoms with Gasteiger partial charge in [0.05, 0.1) is 0 Å². The number of nitrogens with zero attached hydrogens (tertiary/aromatic N) is 1. The van der Waals surface area contributed by atoms with Crippen molar-refractivity contribution in [1.82, 2.24) is 9.88 Å². The van der Waals surface area contributed by atoms with E-state index in [0.717, 1.165) is 19.6 Å². The number of benzene rings is 1. The van der Waals surface area contributed by atoms with Gasteiger partial charge in [-0.3, -0.25) is 0 Å². The van der Waals surface area contributed by atoms with Gasteiger partial charge in [-0.05, 0) is 50.4 Å². The first-order chi connectivity index (χ1) is 9.36. The Labute approximate surface area is 116 Å². The molecule has 2 heteroatoms. The lowest BCUT2D eigenvalue weighted by molar-refractivity contribution is 0.639. The molecule has 0 atom stereocenters. The molecule has 19 heavy (non-hydrogen) atoms. The van der Waals surface area contributed by atoms with Crippen LogP contribution in [0.4, 0.5) is 0 Å². The van der Waals surface area contributed by atoms with Crippen LogP contribution >= 0.6 is 0 Å². The van der Waals surface area contributed by atoms with E-state index in [9.17, 15) is 0 Å². The van der Waals surface area contributed by atoms with Crippen LogP contribution in [0, 0.1) is 0 Å². The SMILES string of the molecule is CCCNCCCc1cn(CCC)c2ccccc12. The van der Waals surface area contributed by atoms with Crippen molar-refractivity contribution < 1.29 is 0 Å². The van der Waals surface area contributed by atoms with Crippen molar-refractivity contribution in [2.45, 2.75) is 46.1 Å². The molecule has 0 saturated heterocycles. The van der Waals surface area contributed by atoms with E-state index in [1.165, 1.54) is 42.1 Å². The third-order valence-electron chi connectivity index (χ3n) is 3.56. The second-order valence-electron chi connectivity index (χ2n) is 5.22. The predicted octanol–water partition coefficient (Wildman–Crippen LogP) is 3.98. The summed E-state index contributed by atoms with van der Waals surface area (Å²) in [4.78, 5) is 0. The van der Waals surface area contributed by atoms with E-state index >= 15 is 0 Å². The Morgan fingerprint density at radius 1 is 1.05 bits per heavy atom. The smallest absolute Gasteiger partial charge is 0.0483 e. The quantitative estimate of drug-likeness (QED) is 0.709. The summed E-state index contributed by atoms with van der Waals surface area (Å²) in [6.45, 7) is 7.84. The topological polar surface area (TPSA) is 17.0 Å². The highest BCUT2D eigenvalue weighted by Crippen LogP contribution is 2.22. The predicted molar refractivity (Wildman–Crippen MR) is 83.7 cm³/mol. The number of hydrogen-bond donors (Lipinski definition) is 1. The Hall–Kier alpha value is -1.28. The summed E-state index contributed by atoms with van der Waals surface area (Å²) in [6.07, 6.45) is 7.16. The molecule has 1 heterocycles. The van der Waals surface area contributed by atoms with Crippen LogP contribution in [0.15, 0.2) is 30.5 Å². The average molecular weight is 258 g/mol. The van der Waals surface area contributed by atoms with E-state index in [2.05, 4.69) is 54.2 Å². The van der Waals surface area contributed by atoms with Gasteiger partial charge in [0, 0.05) is 23.6 Å². The van der Waals surface area contributed by atoms with Gasteiger partial charge < -0.3 is 9.88 Å². The van der Waals surface area contributed by atoms with Crippen molar-refractivity contribution >= 4 is 10.9 Å². The van der Waals surface area contributed by atoms with Crippen LogP contribution in [-0.4, -0.2) is 17.7 Å². The molecule has 0 amide bonds. The number of aryl methyl sites for hydroxylation is 2. The Balaban J connectivity index is 2.05. The van der Waals surface area contributed by atoms with Crippen molar-refractivity contribution in [3.8, 4) is 0 Å². The van der Waals surface area contributed by atoms with Gasteiger partial charge in [-0.1, -0.05) is 32.0 Å². The van der Waals surface area contributed by atoms with Gasteiger partial charge in [0.25, 0.3) is 0 Å². The molecule has 1 aromatic carbocycles. The lowest BCUT2D eigenvalue weighted by atomic mass is 10.1. The molecule has 1 N–H and O–H groups in total.